The van der Waals surface area contributed by atoms with E-state index in [0.29, 0.717) is 19.6 Å². The third kappa shape index (κ3) is 4.07. The standard InChI is InChI=1S/C15H20N2O5S/c18-15(17-7-9-23(19,20)10-8-17)16-6-5-12-11-21-13-3-1-2-4-14(13)22-12/h1-4,12H,5-11H2,(H,16,18)/t12-/m0/s1. The quantitative estimate of drug-likeness (QED) is 0.874. The van der Waals surface area contributed by atoms with E-state index in [2.05, 4.69) is 5.32 Å². The molecular formula is C15H20N2O5S. The highest BCUT2D eigenvalue weighted by atomic mass is 32.2. The van der Waals surface area contributed by atoms with Crippen molar-refractivity contribution >= 4 is 15.9 Å². The molecule has 1 fully saturated rings. The molecule has 126 valence electrons. The van der Waals surface area contributed by atoms with Gasteiger partial charge in [-0.15, -0.1) is 0 Å². The number of fused-ring (bicyclic) bond motifs is 1. The fourth-order valence-corrected chi connectivity index (χ4v) is 3.77. The lowest BCUT2D eigenvalue weighted by Gasteiger charge is -2.28. The summed E-state index contributed by atoms with van der Waals surface area (Å²) in [6.45, 7) is 1.42. The number of sulfone groups is 1. The van der Waals surface area contributed by atoms with Gasteiger partial charge in [0.1, 0.15) is 12.7 Å². The average Bonchev–Trinajstić information content (AvgIpc) is 2.54. The van der Waals surface area contributed by atoms with Gasteiger partial charge in [-0.25, -0.2) is 13.2 Å². The van der Waals surface area contributed by atoms with Crippen LogP contribution in [0.1, 0.15) is 6.42 Å². The predicted molar refractivity (Wildman–Crippen MR) is 84.6 cm³/mol. The van der Waals surface area contributed by atoms with Crippen molar-refractivity contribution in [3.63, 3.8) is 0 Å². The molecule has 7 nitrogen and oxygen atoms in total. The van der Waals surface area contributed by atoms with Crippen molar-refractivity contribution in [2.45, 2.75) is 12.5 Å². The van der Waals surface area contributed by atoms with E-state index in [4.69, 9.17) is 9.47 Å². The summed E-state index contributed by atoms with van der Waals surface area (Å²) in [5.74, 6) is 1.53. The van der Waals surface area contributed by atoms with Crippen LogP contribution in [0.4, 0.5) is 4.79 Å². The molecule has 0 saturated carbocycles. The highest BCUT2D eigenvalue weighted by molar-refractivity contribution is 7.91. The lowest BCUT2D eigenvalue weighted by atomic mass is 10.2. The molecule has 1 atom stereocenters. The molecule has 0 aromatic heterocycles. The molecule has 2 heterocycles. The molecule has 0 unspecified atom stereocenters. The van der Waals surface area contributed by atoms with Crippen molar-refractivity contribution < 1.29 is 22.7 Å². The highest BCUT2D eigenvalue weighted by Gasteiger charge is 2.25. The zero-order valence-corrected chi connectivity index (χ0v) is 13.5. The summed E-state index contributed by atoms with van der Waals surface area (Å²) in [6.07, 6.45) is 0.526. The number of amides is 2. The first-order valence-electron chi connectivity index (χ1n) is 7.65. The van der Waals surface area contributed by atoms with Gasteiger partial charge in [0.15, 0.2) is 21.3 Å². The van der Waals surface area contributed by atoms with Crippen LogP contribution in [0.3, 0.4) is 0 Å². The Morgan fingerprint density at radius 1 is 1.22 bits per heavy atom. The third-order valence-electron chi connectivity index (χ3n) is 3.94. The van der Waals surface area contributed by atoms with Gasteiger partial charge in [0.2, 0.25) is 0 Å². The molecule has 2 amide bonds. The van der Waals surface area contributed by atoms with Crippen LogP contribution < -0.4 is 14.8 Å². The second kappa shape index (κ2) is 6.66. The van der Waals surface area contributed by atoms with E-state index in [1.54, 1.807) is 0 Å². The SMILES string of the molecule is O=C(NCC[C@H]1COc2ccccc2O1)N1CCS(=O)(=O)CC1. The zero-order chi connectivity index (χ0) is 16.3. The summed E-state index contributed by atoms with van der Waals surface area (Å²) in [7, 11) is -2.97. The van der Waals surface area contributed by atoms with Crippen LogP contribution in [0, 0.1) is 0 Å². The Morgan fingerprint density at radius 2 is 1.91 bits per heavy atom. The van der Waals surface area contributed by atoms with Crippen molar-refractivity contribution in [1.82, 2.24) is 10.2 Å². The number of nitrogens with zero attached hydrogens (tertiary/aromatic N) is 1. The molecule has 1 N–H and O–H groups in total. The van der Waals surface area contributed by atoms with Crippen LogP contribution in [-0.2, 0) is 9.84 Å². The fraction of sp³-hybridized carbons (Fsp3) is 0.533. The Labute approximate surface area is 135 Å². The first-order valence-corrected chi connectivity index (χ1v) is 9.47. The maximum absolute atomic E-state index is 12.0. The highest BCUT2D eigenvalue weighted by Crippen LogP contribution is 2.31. The number of ether oxygens (including phenoxy) is 2. The zero-order valence-electron chi connectivity index (χ0n) is 12.7. The molecule has 1 aromatic carbocycles. The van der Waals surface area contributed by atoms with E-state index >= 15 is 0 Å². The predicted octanol–water partition coefficient (Wildman–Crippen LogP) is 0.657. The van der Waals surface area contributed by atoms with E-state index in [9.17, 15) is 13.2 Å². The van der Waals surface area contributed by atoms with Gasteiger partial charge in [0, 0.05) is 26.1 Å². The van der Waals surface area contributed by atoms with Gasteiger partial charge < -0.3 is 19.7 Å². The molecule has 2 aliphatic rings. The minimum atomic E-state index is -2.97. The van der Waals surface area contributed by atoms with E-state index in [1.165, 1.54) is 4.90 Å². The van der Waals surface area contributed by atoms with E-state index in [0.717, 1.165) is 11.5 Å². The lowest BCUT2D eigenvalue weighted by Crippen LogP contribution is -2.48. The Morgan fingerprint density at radius 3 is 2.65 bits per heavy atom. The summed E-state index contributed by atoms with van der Waals surface area (Å²) < 4.78 is 34.1. The first-order chi connectivity index (χ1) is 11.0. The fourth-order valence-electron chi connectivity index (χ4n) is 2.57. The lowest BCUT2D eigenvalue weighted by molar-refractivity contribution is 0.0849. The second-order valence-corrected chi connectivity index (χ2v) is 7.96. The van der Waals surface area contributed by atoms with Gasteiger partial charge >= 0.3 is 6.03 Å². The number of benzene rings is 1. The molecule has 1 saturated heterocycles. The average molecular weight is 340 g/mol. The molecule has 0 aliphatic carbocycles. The molecule has 8 heteroatoms. The number of hydrogen-bond acceptors (Lipinski definition) is 5. The summed E-state index contributed by atoms with van der Waals surface area (Å²) in [6, 6.07) is 7.27. The minimum absolute atomic E-state index is 0.0385. The number of rotatable bonds is 3. The molecule has 0 spiro atoms. The van der Waals surface area contributed by atoms with Crippen molar-refractivity contribution in [1.29, 1.82) is 0 Å². The van der Waals surface area contributed by atoms with Gasteiger partial charge in [-0.1, -0.05) is 12.1 Å². The number of hydrogen-bond donors (Lipinski definition) is 1. The maximum Gasteiger partial charge on any atom is 0.317 e. The Kier molecular flexibility index (Phi) is 4.61. The minimum Gasteiger partial charge on any atom is -0.486 e. The Balaban J connectivity index is 1.41. The summed E-state index contributed by atoms with van der Waals surface area (Å²) in [5, 5.41) is 2.81. The monoisotopic (exact) mass is 340 g/mol. The number of nitrogens with one attached hydrogen (secondary N) is 1. The molecule has 0 radical (unpaired) electrons. The third-order valence-corrected chi connectivity index (χ3v) is 5.55. The van der Waals surface area contributed by atoms with E-state index < -0.39 is 9.84 Å². The van der Waals surface area contributed by atoms with Crippen LogP contribution in [-0.4, -0.2) is 63.2 Å². The van der Waals surface area contributed by atoms with Gasteiger partial charge in [-0.3, -0.25) is 0 Å². The second-order valence-electron chi connectivity index (χ2n) is 5.66. The largest absolute Gasteiger partial charge is 0.486 e. The smallest absolute Gasteiger partial charge is 0.317 e. The Bertz CT molecular complexity index is 662. The van der Waals surface area contributed by atoms with Gasteiger partial charge in [-0.05, 0) is 12.1 Å². The van der Waals surface area contributed by atoms with Gasteiger partial charge in [-0.2, -0.15) is 0 Å². The number of urea groups is 1. The molecule has 23 heavy (non-hydrogen) atoms. The first kappa shape index (κ1) is 15.9. The van der Waals surface area contributed by atoms with Crippen molar-refractivity contribution in [2.24, 2.45) is 0 Å². The number of carbonyl (C=O) groups is 1. The van der Waals surface area contributed by atoms with Crippen molar-refractivity contribution in [2.75, 3.05) is 37.7 Å². The normalized spacial score (nSPS) is 22.4. The van der Waals surface area contributed by atoms with Crippen LogP contribution in [0.15, 0.2) is 24.3 Å². The summed E-state index contributed by atoms with van der Waals surface area (Å²) >= 11 is 0. The molecule has 3 rings (SSSR count). The van der Waals surface area contributed by atoms with Gasteiger partial charge in [0.05, 0.1) is 11.5 Å². The van der Waals surface area contributed by atoms with Gasteiger partial charge in [0.25, 0.3) is 0 Å². The van der Waals surface area contributed by atoms with Crippen molar-refractivity contribution in [3.8, 4) is 11.5 Å². The molecular weight excluding hydrogens is 320 g/mol. The number of para-hydroxylation sites is 2. The topological polar surface area (TPSA) is 84.9 Å². The van der Waals surface area contributed by atoms with Crippen molar-refractivity contribution in [3.05, 3.63) is 24.3 Å². The number of carbonyl (C=O) groups excluding carboxylic acids is 1. The van der Waals surface area contributed by atoms with Crippen LogP contribution in [0.25, 0.3) is 0 Å². The van der Waals surface area contributed by atoms with Crippen LogP contribution in [0.5, 0.6) is 11.5 Å². The Hall–Kier alpha value is -1.96. The summed E-state index contributed by atoms with van der Waals surface area (Å²) in [5.41, 5.74) is 0. The summed E-state index contributed by atoms with van der Waals surface area (Å²) in [4.78, 5) is 13.5. The van der Waals surface area contributed by atoms with E-state index in [1.807, 2.05) is 24.3 Å². The van der Waals surface area contributed by atoms with Crippen LogP contribution in [0.2, 0.25) is 0 Å². The maximum atomic E-state index is 12.0. The molecule has 2 aliphatic heterocycles. The molecule has 1 aromatic rings. The molecule has 0 bridgehead atoms. The van der Waals surface area contributed by atoms with E-state index in [-0.39, 0.29) is 36.7 Å². The van der Waals surface area contributed by atoms with Crippen LogP contribution >= 0.6 is 0 Å².